The Hall–Kier alpha value is 0.628. The van der Waals surface area contributed by atoms with E-state index in [1.807, 2.05) is 0 Å². The number of hydrogen-bond acceptors (Lipinski definition) is 2. The molecule has 5 heteroatoms. The molecule has 0 fully saturated rings. The topological polar surface area (TPSA) is 57.5 Å². The second-order valence-corrected chi connectivity index (χ2v) is 7.87. The van der Waals surface area contributed by atoms with Crippen molar-refractivity contribution in [1.82, 2.24) is 0 Å². The van der Waals surface area contributed by atoms with E-state index in [1.165, 1.54) is 6.26 Å². The first kappa shape index (κ1) is 6.63. The van der Waals surface area contributed by atoms with Crippen LogP contribution in [0.4, 0.5) is 0 Å². The average molecular weight is 172 g/mol. The van der Waals surface area contributed by atoms with E-state index >= 15 is 0 Å². The summed E-state index contributed by atoms with van der Waals surface area (Å²) in [6.07, 6.45) is 1.39. The van der Waals surface area contributed by atoms with Crippen molar-refractivity contribution in [1.29, 1.82) is 0 Å². The van der Waals surface area contributed by atoms with Crippen molar-refractivity contribution in [2.24, 2.45) is 0 Å². The SMILES string of the molecule is CS[As](=O)(O)O. The molecule has 0 atom stereocenters. The third-order valence-electron chi connectivity index (χ3n) is 0.238. The van der Waals surface area contributed by atoms with Crippen molar-refractivity contribution < 1.29 is 11.9 Å². The van der Waals surface area contributed by atoms with Gasteiger partial charge >= 0.3 is 41.2 Å². The molecule has 2 N–H and O–H groups in total. The van der Waals surface area contributed by atoms with E-state index in [-0.39, 0.29) is 0 Å². The maximum atomic E-state index is 9.72. The predicted octanol–water partition coefficient (Wildman–Crippen LogP) is -0.800. The van der Waals surface area contributed by atoms with Gasteiger partial charge in [-0.3, -0.25) is 0 Å². The summed E-state index contributed by atoms with van der Waals surface area (Å²) in [5.41, 5.74) is 0. The van der Waals surface area contributed by atoms with Crippen LogP contribution < -0.4 is 0 Å². The predicted molar refractivity (Wildman–Crippen MR) is 24.4 cm³/mol. The fourth-order valence-corrected chi connectivity index (χ4v) is 0. The van der Waals surface area contributed by atoms with Gasteiger partial charge in [-0.15, -0.1) is 0 Å². The van der Waals surface area contributed by atoms with Gasteiger partial charge in [0.05, 0.1) is 0 Å². The fourth-order valence-electron chi connectivity index (χ4n) is 0. The third-order valence-corrected chi connectivity index (χ3v) is 3.71. The first-order valence-electron chi connectivity index (χ1n) is 1.17. The number of rotatable bonds is 1. The van der Waals surface area contributed by atoms with Crippen LogP contribution in [-0.4, -0.2) is 27.5 Å². The molecule has 0 aliphatic carbocycles. The molecule has 0 aromatic carbocycles. The van der Waals surface area contributed by atoms with E-state index in [0.29, 0.717) is 10.0 Å². The van der Waals surface area contributed by atoms with Crippen molar-refractivity contribution in [2.45, 2.75) is 0 Å². The molecule has 0 rings (SSSR count). The minimum absolute atomic E-state index is 0.609. The van der Waals surface area contributed by atoms with Gasteiger partial charge in [0, 0.05) is 0 Å². The normalized spacial score (nSPS) is 11.8. The second-order valence-electron chi connectivity index (χ2n) is 0.673. The summed E-state index contributed by atoms with van der Waals surface area (Å²) in [5, 5.41) is 0. The van der Waals surface area contributed by atoms with Gasteiger partial charge in [-0.1, -0.05) is 0 Å². The van der Waals surface area contributed by atoms with Gasteiger partial charge < -0.3 is 0 Å². The van der Waals surface area contributed by atoms with E-state index in [0.717, 1.165) is 0 Å². The maximum absolute atomic E-state index is 9.72. The Kier molecular flexibility index (Phi) is 2.29. The van der Waals surface area contributed by atoms with Crippen molar-refractivity contribution in [2.75, 3.05) is 6.26 Å². The van der Waals surface area contributed by atoms with Crippen LogP contribution in [0.25, 0.3) is 0 Å². The minimum atomic E-state index is -4.24. The van der Waals surface area contributed by atoms with Gasteiger partial charge in [-0.2, -0.15) is 0 Å². The van der Waals surface area contributed by atoms with Crippen LogP contribution in [0.3, 0.4) is 0 Å². The molecule has 0 aromatic heterocycles. The first-order valence-corrected chi connectivity index (χ1v) is 7.10. The van der Waals surface area contributed by atoms with Gasteiger partial charge in [0.25, 0.3) is 0 Å². The van der Waals surface area contributed by atoms with Gasteiger partial charge in [0.2, 0.25) is 0 Å². The van der Waals surface area contributed by atoms with E-state index in [2.05, 4.69) is 0 Å². The van der Waals surface area contributed by atoms with Gasteiger partial charge in [-0.25, -0.2) is 0 Å². The van der Waals surface area contributed by atoms with Crippen molar-refractivity contribution in [3.63, 3.8) is 0 Å². The summed E-state index contributed by atoms with van der Waals surface area (Å²) in [6, 6.07) is 0. The molecular weight excluding hydrogens is 167 g/mol. The van der Waals surface area contributed by atoms with Crippen molar-refractivity contribution in [3.05, 3.63) is 0 Å². The molecule has 0 unspecified atom stereocenters. The van der Waals surface area contributed by atoms with Gasteiger partial charge in [0.15, 0.2) is 0 Å². The van der Waals surface area contributed by atoms with Gasteiger partial charge in [-0.05, 0) is 0 Å². The van der Waals surface area contributed by atoms with Crippen LogP contribution >= 0.6 is 10.0 Å². The molecular formula is CH5AsO3S. The van der Waals surface area contributed by atoms with Crippen LogP contribution in [0.1, 0.15) is 0 Å². The standard InChI is InChI=1S/CH5AsO3S/c1-6-2(3,4)5/h1H3,(H2,3,4,5). The molecule has 0 amide bonds. The Balaban J connectivity index is 3.48. The zero-order valence-electron chi connectivity index (χ0n) is 3.16. The summed E-state index contributed by atoms with van der Waals surface area (Å²) in [4.78, 5) is 0. The molecule has 0 radical (unpaired) electrons. The summed E-state index contributed by atoms with van der Waals surface area (Å²) in [5.74, 6) is 0. The molecule has 0 aliphatic heterocycles. The van der Waals surface area contributed by atoms with Crippen LogP contribution in [0.2, 0.25) is 0 Å². The molecule has 0 saturated carbocycles. The molecule has 0 aromatic rings. The van der Waals surface area contributed by atoms with Crippen LogP contribution in [0.15, 0.2) is 0 Å². The zero-order valence-corrected chi connectivity index (χ0v) is 5.85. The molecule has 0 bridgehead atoms. The Labute approximate surface area is 41.7 Å². The van der Waals surface area contributed by atoms with Crippen LogP contribution in [-0.2, 0) is 3.74 Å². The summed E-state index contributed by atoms with van der Waals surface area (Å²) in [7, 11) is 0.609. The summed E-state index contributed by atoms with van der Waals surface area (Å²) >= 11 is -4.24. The number of hydrogen-bond donors (Lipinski definition) is 2. The quantitative estimate of drug-likeness (QED) is 0.508. The Morgan fingerprint density at radius 3 is 1.83 bits per heavy atom. The average Bonchev–Trinajstić information content (AvgIpc) is 1.35. The molecule has 38 valence electrons. The third kappa shape index (κ3) is 4.63. The van der Waals surface area contributed by atoms with Crippen molar-refractivity contribution in [3.8, 4) is 0 Å². The van der Waals surface area contributed by atoms with E-state index in [4.69, 9.17) is 8.19 Å². The first-order chi connectivity index (χ1) is 2.56. The summed E-state index contributed by atoms with van der Waals surface area (Å²) < 4.78 is 25.6. The molecule has 0 saturated heterocycles. The van der Waals surface area contributed by atoms with Crippen LogP contribution in [0.5, 0.6) is 0 Å². The van der Waals surface area contributed by atoms with E-state index in [9.17, 15) is 3.74 Å². The van der Waals surface area contributed by atoms with Gasteiger partial charge in [0.1, 0.15) is 0 Å². The Morgan fingerprint density at radius 2 is 1.83 bits per heavy atom. The molecule has 0 aliphatic rings. The van der Waals surface area contributed by atoms with E-state index in [1.54, 1.807) is 0 Å². The monoisotopic (exact) mass is 172 g/mol. The Bertz CT molecular complexity index is 74.9. The van der Waals surface area contributed by atoms with Crippen molar-refractivity contribution >= 4 is 23.0 Å². The summed E-state index contributed by atoms with van der Waals surface area (Å²) in [6.45, 7) is 0. The molecule has 3 nitrogen and oxygen atoms in total. The second kappa shape index (κ2) is 2.07. The molecule has 6 heavy (non-hydrogen) atoms. The Morgan fingerprint density at radius 1 is 1.67 bits per heavy atom. The van der Waals surface area contributed by atoms with Crippen LogP contribution in [0, 0.1) is 0 Å². The zero-order chi connectivity index (χ0) is 5.21. The fraction of sp³-hybridized carbons (Fsp3) is 1.00. The molecule has 0 heterocycles. The molecule has 0 spiro atoms. The van der Waals surface area contributed by atoms with E-state index < -0.39 is 13.0 Å².